The summed E-state index contributed by atoms with van der Waals surface area (Å²) < 4.78 is 10.8. The van der Waals surface area contributed by atoms with Crippen molar-refractivity contribution in [3.63, 3.8) is 0 Å². The molecule has 0 aromatic heterocycles. The summed E-state index contributed by atoms with van der Waals surface area (Å²) >= 11 is 0. The highest BCUT2D eigenvalue weighted by atomic mass is 16.5. The third-order valence-electron chi connectivity index (χ3n) is 7.60. The van der Waals surface area contributed by atoms with Gasteiger partial charge in [0.2, 0.25) is 0 Å². The summed E-state index contributed by atoms with van der Waals surface area (Å²) in [5.74, 6) is 2.83. The first-order valence-corrected chi connectivity index (χ1v) is 11.1. The summed E-state index contributed by atoms with van der Waals surface area (Å²) in [7, 11) is 1.67. The number of rotatable bonds is 7. The van der Waals surface area contributed by atoms with Crippen LogP contribution in [0.1, 0.15) is 56.9 Å². The summed E-state index contributed by atoms with van der Waals surface area (Å²) in [5.41, 5.74) is 1.00. The molecule has 5 heteroatoms. The average Bonchev–Trinajstić information content (AvgIpc) is 3.54. The fourth-order valence-electron chi connectivity index (χ4n) is 6.52. The molecule has 6 rings (SSSR count). The monoisotopic (exact) mass is 397 g/mol. The Bertz CT molecular complexity index is 765. The van der Waals surface area contributed by atoms with Gasteiger partial charge in [-0.15, -0.1) is 0 Å². The topological polar surface area (TPSA) is 55.8 Å². The number of esters is 1. The molecular weight excluding hydrogens is 366 g/mol. The maximum Gasteiger partial charge on any atom is 0.309 e. The van der Waals surface area contributed by atoms with E-state index in [1.54, 1.807) is 7.11 Å². The van der Waals surface area contributed by atoms with Gasteiger partial charge in [-0.25, -0.2) is 0 Å². The Hall–Kier alpha value is -2.04. The van der Waals surface area contributed by atoms with Gasteiger partial charge in [0.05, 0.1) is 13.0 Å². The highest BCUT2D eigenvalue weighted by molar-refractivity contribution is 5.82. The zero-order valence-electron chi connectivity index (χ0n) is 17.3. The summed E-state index contributed by atoms with van der Waals surface area (Å²) in [4.78, 5) is 27.5. The SMILES string of the molecule is COc1cccc(CN(C(=O)COC(=O)C2CC2)C23CC4CC(CC(C4)C2)C3)c1. The average molecular weight is 398 g/mol. The van der Waals surface area contributed by atoms with E-state index in [1.807, 2.05) is 18.2 Å². The molecule has 0 saturated heterocycles. The van der Waals surface area contributed by atoms with Gasteiger partial charge in [0.15, 0.2) is 6.61 Å². The molecule has 0 atom stereocenters. The van der Waals surface area contributed by atoms with E-state index in [9.17, 15) is 9.59 Å². The van der Waals surface area contributed by atoms with Crippen molar-refractivity contribution >= 4 is 11.9 Å². The third-order valence-corrected chi connectivity index (χ3v) is 7.60. The van der Waals surface area contributed by atoms with Crippen LogP contribution in [0.4, 0.5) is 0 Å². The van der Waals surface area contributed by atoms with Crippen LogP contribution in [0.3, 0.4) is 0 Å². The molecule has 5 fully saturated rings. The Morgan fingerprint density at radius 2 is 1.72 bits per heavy atom. The molecular formula is C24H31NO4. The highest BCUT2D eigenvalue weighted by Gasteiger charge is 2.54. The van der Waals surface area contributed by atoms with Crippen LogP contribution >= 0.6 is 0 Å². The minimum Gasteiger partial charge on any atom is -0.497 e. The molecule has 1 aromatic rings. The van der Waals surface area contributed by atoms with Gasteiger partial charge in [-0.3, -0.25) is 9.59 Å². The number of nitrogens with zero attached hydrogens (tertiary/aromatic N) is 1. The van der Waals surface area contributed by atoms with Crippen molar-refractivity contribution in [1.82, 2.24) is 4.90 Å². The number of benzene rings is 1. The van der Waals surface area contributed by atoms with Gasteiger partial charge in [-0.05, 0) is 86.8 Å². The van der Waals surface area contributed by atoms with Crippen LogP contribution in [0, 0.1) is 23.7 Å². The number of hydrogen-bond donors (Lipinski definition) is 0. The lowest BCUT2D eigenvalue weighted by Crippen LogP contribution is -2.61. The second-order valence-corrected chi connectivity index (χ2v) is 9.86. The Balaban J connectivity index is 1.39. The first-order chi connectivity index (χ1) is 14.0. The molecule has 4 bridgehead atoms. The van der Waals surface area contributed by atoms with Crippen LogP contribution in [-0.2, 0) is 20.9 Å². The molecule has 5 aliphatic carbocycles. The molecule has 0 aliphatic heterocycles. The minimum atomic E-state index is -0.204. The molecule has 1 amide bonds. The number of carbonyl (C=O) groups is 2. The second-order valence-electron chi connectivity index (χ2n) is 9.86. The minimum absolute atomic E-state index is 0.0224. The summed E-state index contributed by atoms with van der Waals surface area (Å²) in [6.45, 7) is 0.435. The standard InChI is InChI=1S/C24H31NO4/c1-28-21-4-2-3-16(10-21)14-25(22(26)15-29-23(27)20-5-6-20)24-11-17-7-18(12-24)9-19(8-17)13-24/h2-4,10,17-20H,5-9,11-15H2,1H3. The Kier molecular flexibility index (Phi) is 4.79. The van der Waals surface area contributed by atoms with Crippen LogP contribution in [0.2, 0.25) is 0 Å². The smallest absolute Gasteiger partial charge is 0.309 e. The number of carbonyl (C=O) groups excluding carboxylic acids is 2. The van der Waals surface area contributed by atoms with Crippen molar-refractivity contribution in [3.05, 3.63) is 29.8 Å². The molecule has 0 radical (unpaired) electrons. The number of hydrogen-bond acceptors (Lipinski definition) is 4. The molecule has 5 aliphatic rings. The van der Waals surface area contributed by atoms with Gasteiger partial charge in [0, 0.05) is 12.1 Å². The van der Waals surface area contributed by atoms with Crippen molar-refractivity contribution in [3.8, 4) is 5.75 Å². The third kappa shape index (κ3) is 3.76. The van der Waals surface area contributed by atoms with E-state index in [4.69, 9.17) is 9.47 Å². The van der Waals surface area contributed by atoms with Crippen LogP contribution in [-0.4, -0.2) is 36.0 Å². The zero-order chi connectivity index (χ0) is 20.0. The Labute approximate surface area is 172 Å². The summed E-state index contributed by atoms with van der Waals surface area (Å²) in [5, 5.41) is 0. The molecule has 1 aromatic carbocycles. The van der Waals surface area contributed by atoms with Crippen LogP contribution in [0.15, 0.2) is 24.3 Å². The van der Waals surface area contributed by atoms with Crippen LogP contribution in [0.25, 0.3) is 0 Å². The van der Waals surface area contributed by atoms with E-state index in [2.05, 4.69) is 11.0 Å². The first-order valence-electron chi connectivity index (χ1n) is 11.1. The molecule has 29 heavy (non-hydrogen) atoms. The van der Waals surface area contributed by atoms with Gasteiger partial charge in [-0.2, -0.15) is 0 Å². The number of amides is 1. The fourth-order valence-corrected chi connectivity index (χ4v) is 6.52. The Morgan fingerprint density at radius 3 is 2.31 bits per heavy atom. The van der Waals surface area contributed by atoms with Gasteiger partial charge < -0.3 is 14.4 Å². The van der Waals surface area contributed by atoms with E-state index in [0.717, 1.165) is 61.2 Å². The van der Waals surface area contributed by atoms with Crippen molar-refractivity contribution in [1.29, 1.82) is 0 Å². The first kappa shape index (κ1) is 19.0. The number of methoxy groups -OCH3 is 1. The molecule has 0 spiro atoms. The molecule has 5 nitrogen and oxygen atoms in total. The van der Waals surface area contributed by atoms with Crippen LogP contribution < -0.4 is 4.74 Å². The van der Waals surface area contributed by atoms with E-state index in [0.29, 0.717) is 6.54 Å². The van der Waals surface area contributed by atoms with E-state index in [-0.39, 0.29) is 29.9 Å². The van der Waals surface area contributed by atoms with E-state index < -0.39 is 0 Å². The lowest BCUT2D eigenvalue weighted by atomic mass is 9.52. The van der Waals surface area contributed by atoms with Crippen molar-refractivity contribution in [2.24, 2.45) is 23.7 Å². The maximum absolute atomic E-state index is 13.4. The predicted octanol–water partition coefficient (Wildman–Crippen LogP) is 3.95. The van der Waals surface area contributed by atoms with Gasteiger partial charge in [-0.1, -0.05) is 12.1 Å². The van der Waals surface area contributed by atoms with Gasteiger partial charge >= 0.3 is 5.97 Å². The largest absolute Gasteiger partial charge is 0.497 e. The van der Waals surface area contributed by atoms with Crippen molar-refractivity contribution < 1.29 is 19.1 Å². The Morgan fingerprint density at radius 1 is 1.07 bits per heavy atom. The lowest BCUT2D eigenvalue weighted by Gasteiger charge is -2.60. The molecule has 156 valence electrons. The summed E-state index contributed by atoms with van der Waals surface area (Å²) in [6.07, 6.45) is 9.10. The normalized spacial score (nSPS) is 32.1. The van der Waals surface area contributed by atoms with E-state index in [1.165, 1.54) is 19.3 Å². The lowest BCUT2D eigenvalue weighted by molar-refractivity contribution is -0.164. The molecule has 0 heterocycles. The molecule has 0 N–H and O–H groups in total. The molecule has 5 saturated carbocycles. The number of ether oxygens (including phenoxy) is 2. The van der Waals surface area contributed by atoms with Gasteiger partial charge in [0.25, 0.3) is 5.91 Å². The second kappa shape index (κ2) is 7.33. The maximum atomic E-state index is 13.4. The van der Waals surface area contributed by atoms with E-state index >= 15 is 0 Å². The highest BCUT2D eigenvalue weighted by Crippen LogP contribution is 2.58. The quantitative estimate of drug-likeness (QED) is 0.654. The fraction of sp³-hybridized carbons (Fsp3) is 0.667. The summed E-state index contributed by atoms with van der Waals surface area (Å²) in [6, 6.07) is 7.97. The van der Waals surface area contributed by atoms with Gasteiger partial charge in [0.1, 0.15) is 5.75 Å². The predicted molar refractivity (Wildman–Crippen MR) is 108 cm³/mol. The van der Waals surface area contributed by atoms with Crippen LogP contribution in [0.5, 0.6) is 5.75 Å². The zero-order valence-corrected chi connectivity index (χ0v) is 17.3. The van der Waals surface area contributed by atoms with Crippen molar-refractivity contribution in [2.45, 2.75) is 63.5 Å². The van der Waals surface area contributed by atoms with Crippen molar-refractivity contribution in [2.75, 3.05) is 13.7 Å². The molecule has 0 unspecified atom stereocenters.